The molecule has 2 aromatic rings. The van der Waals surface area contributed by atoms with Crippen molar-refractivity contribution in [2.45, 2.75) is 12.5 Å². The lowest BCUT2D eigenvalue weighted by molar-refractivity contribution is -0.142. The Morgan fingerprint density at radius 3 is 2.50 bits per heavy atom. The summed E-state index contributed by atoms with van der Waals surface area (Å²) in [6.45, 7) is 0. The number of ether oxygens (including phenoxy) is 1. The van der Waals surface area contributed by atoms with Crippen molar-refractivity contribution in [3.63, 3.8) is 0 Å². The van der Waals surface area contributed by atoms with Gasteiger partial charge in [-0.15, -0.1) is 0 Å². The van der Waals surface area contributed by atoms with Crippen LogP contribution in [0, 0.1) is 0 Å². The van der Waals surface area contributed by atoms with Gasteiger partial charge in [0.05, 0.1) is 7.11 Å². The molecular weight excluding hydrogens is 280 g/mol. The highest BCUT2D eigenvalue weighted by molar-refractivity contribution is 5.97. The minimum Gasteiger partial charge on any atom is -0.467 e. The molecule has 1 atom stereocenters. The van der Waals surface area contributed by atoms with Crippen LogP contribution in [0.15, 0.2) is 54.6 Å². The first-order valence-electron chi connectivity index (χ1n) is 6.88. The molecule has 2 rings (SSSR count). The van der Waals surface area contributed by atoms with Crippen molar-refractivity contribution < 1.29 is 14.3 Å². The SMILES string of the molecule is COC(=O)[C@@H](Cc1ccccc1)NC(=O)c1cccc(N)c1. The van der Waals surface area contributed by atoms with Gasteiger partial charge < -0.3 is 15.8 Å². The Morgan fingerprint density at radius 1 is 1.14 bits per heavy atom. The molecule has 1 amide bonds. The molecular formula is C17H18N2O3. The molecule has 0 aromatic heterocycles. The highest BCUT2D eigenvalue weighted by atomic mass is 16.5. The Hall–Kier alpha value is -2.82. The van der Waals surface area contributed by atoms with E-state index in [1.165, 1.54) is 7.11 Å². The maximum absolute atomic E-state index is 12.2. The third-order valence-electron chi connectivity index (χ3n) is 3.22. The summed E-state index contributed by atoms with van der Waals surface area (Å²) in [6, 6.07) is 15.3. The second kappa shape index (κ2) is 7.26. The molecule has 2 aromatic carbocycles. The third-order valence-corrected chi connectivity index (χ3v) is 3.22. The van der Waals surface area contributed by atoms with Gasteiger partial charge in [-0.1, -0.05) is 36.4 Å². The number of amides is 1. The number of methoxy groups -OCH3 is 1. The lowest BCUT2D eigenvalue weighted by Crippen LogP contribution is -2.43. The first-order chi connectivity index (χ1) is 10.6. The number of nitrogens with one attached hydrogen (secondary N) is 1. The number of hydrogen-bond donors (Lipinski definition) is 2. The van der Waals surface area contributed by atoms with E-state index in [0.717, 1.165) is 5.56 Å². The van der Waals surface area contributed by atoms with Gasteiger partial charge in [0, 0.05) is 17.7 Å². The number of esters is 1. The van der Waals surface area contributed by atoms with Gasteiger partial charge >= 0.3 is 5.97 Å². The zero-order valence-electron chi connectivity index (χ0n) is 12.3. The number of rotatable bonds is 5. The molecule has 0 aliphatic rings. The van der Waals surface area contributed by atoms with E-state index >= 15 is 0 Å². The second-order valence-electron chi connectivity index (χ2n) is 4.86. The maximum Gasteiger partial charge on any atom is 0.328 e. The largest absolute Gasteiger partial charge is 0.467 e. The molecule has 5 heteroatoms. The highest BCUT2D eigenvalue weighted by Crippen LogP contribution is 2.09. The van der Waals surface area contributed by atoms with Crippen LogP contribution in [0.3, 0.4) is 0 Å². The average molecular weight is 298 g/mol. The Morgan fingerprint density at radius 2 is 1.86 bits per heavy atom. The van der Waals surface area contributed by atoms with Crippen LogP contribution in [-0.2, 0) is 16.0 Å². The van der Waals surface area contributed by atoms with Gasteiger partial charge in [0.25, 0.3) is 5.91 Å². The van der Waals surface area contributed by atoms with Gasteiger partial charge in [-0.3, -0.25) is 4.79 Å². The Labute approximate surface area is 129 Å². The van der Waals surface area contributed by atoms with Crippen molar-refractivity contribution in [1.29, 1.82) is 0 Å². The molecule has 0 fully saturated rings. The van der Waals surface area contributed by atoms with Gasteiger partial charge in [-0.25, -0.2) is 4.79 Å². The number of carbonyl (C=O) groups is 2. The van der Waals surface area contributed by atoms with Crippen molar-refractivity contribution in [1.82, 2.24) is 5.32 Å². The molecule has 114 valence electrons. The monoisotopic (exact) mass is 298 g/mol. The molecule has 3 N–H and O–H groups in total. The number of nitrogens with two attached hydrogens (primary N) is 1. The molecule has 0 saturated carbocycles. The van der Waals surface area contributed by atoms with E-state index in [4.69, 9.17) is 10.5 Å². The fourth-order valence-corrected chi connectivity index (χ4v) is 2.11. The van der Waals surface area contributed by atoms with Crippen LogP contribution in [0.4, 0.5) is 5.69 Å². The summed E-state index contributed by atoms with van der Waals surface area (Å²) < 4.78 is 4.77. The summed E-state index contributed by atoms with van der Waals surface area (Å²) >= 11 is 0. The fourth-order valence-electron chi connectivity index (χ4n) is 2.11. The minimum atomic E-state index is -0.749. The van der Waals surface area contributed by atoms with E-state index in [2.05, 4.69) is 5.32 Å². The molecule has 0 unspecified atom stereocenters. The van der Waals surface area contributed by atoms with Crippen LogP contribution >= 0.6 is 0 Å². The average Bonchev–Trinajstić information content (AvgIpc) is 2.54. The number of benzene rings is 2. The van der Waals surface area contributed by atoms with E-state index in [-0.39, 0.29) is 5.91 Å². The predicted octanol–water partition coefficient (Wildman–Crippen LogP) is 1.78. The Balaban J connectivity index is 2.13. The van der Waals surface area contributed by atoms with Crippen LogP contribution < -0.4 is 11.1 Å². The maximum atomic E-state index is 12.2. The second-order valence-corrected chi connectivity index (χ2v) is 4.86. The Bertz CT molecular complexity index is 656. The molecule has 0 saturated heterocycles. The van der Waals surface area contributed by atoms with E-state index in [0.29, 0.717) is 17.7 Å². The van der Waals surface area contributed by atoms with Crippen molar-refractivity contribution in [2.24, 2.45) is 0 Å². The Kier molecular flexibility index (Phi) is 5.14. The number of hydrogen-bond acceptors (Lipinski definition) is 4. The van der Waals surface area contributed by atoms with Crippen molar-refractivity contribution >= 4 is 17.6 Å². The molecule has 0 aliphatic heterocycles. The molecule has 0 radical (unpaired) electrons. The molecule has 0 aliphatic carbocycles. The predicted molar refractivity (Wildman–Crippen MR) is 84.3 cm³/mol. The van der Waals surface area contributed by atoms with Gasteiger partial charge in [0.1, 0.15) is 6.04 Å². The highest BCUT2D eigenvalue weighted by Gasteiger charge is 2.22. The van der Waals surface area contributed by atoms with Gasteiger partial charge in [-0.05, 0) is 23.8 Å². The van der Waals surface area contributed by atoms with E-state index in [1.807, 2.05) is 30.3 Å². The summed E-state index contributed by atoms with van der Waals surface area (Å²) in [5.74, 6) is -0.847. The van der Waals surface area contributed by atoms with Crippen molar-refractivity contribution in [3.8, 4) is 0 Å². The third kappa shape index (κ3) is 4.09. The van der Waals surface area contributed by atoms with E-state index < -0.39 is 12.0 Å². The van der Waals surface area contributed by atoms with Crippen LogP contribution in [0.2, 0.25) is 0 Å². The van der Waals surface area contributed by atoms with Crippen LogP contribution in [0.1, 0.15) is 15.9 Å². The standard InChI is InChI=1S/C17H18N2O3/c1-22-17(21)15(10-12-6-3-2-4-7-12)19-16(20)13-8-5-9-14(18)11-13/h2-9,11,15H,10,18H2,1H3,(H,19,20)/t15-/m1/s1. The van der Waals surface area contributed by atoms with E-state index in [1.54, 1.807) is 24.3 Å². The van der Waals surface area contributed by atoms with Crippen LogP contribution in [0.25, 0.3) is 0 Å². The van der Waals surface area contributed by atoms with Gasteiger partial charge in [-0.2, -0.15) is 0 Å². The lowest BCUT2D eigenvalue weighted by atomic mass is 10.1. The van der Waals surface area contributed by atoms with Crippen LogP contribution in [-0.4, -0.2) is 25.0 Å². The normalized spacial score (nSPS) is 11.5. The lowest BCUT2D eigenvalue weighted by Gasteiger charge is -2.16. The molecule has 0 spiro atoms. The zero-order valence-corrected chi connectivity index (χ0v) is 12.3. The summed E-state index contributed by atoms with van der Waals surface area (Å²) in [7, 11) is 1.30. The minimum absolute atomic E-state index is 0.362. The molecule has 0 bridgehead atoms. The van der Waals surface area contributed by atoms with Gasteiger partial charge in [0.15, 0.2) is 0 Å². The summed E-state index contributed by atoms with van der Waals surface area (Å²) in [5, 5.41) is 2.69. The summed E-state index contributed by atoms with van der Waals surface area (Å²) in [4.78, 5) is 24.1. The fraction of sp³-hybridized carbons (Fsp3) is 0.176. The topological polar surface area (TPSA) is 81.4 Å². The number of anilines is 1. The first kappa shape index (κ1) is 15.6. The van der Waals surface area contributed by atoms with Crippen LogP contribution in [0.5, 0.6) is 0 Å². The van der Waals surface area contributed by atoms with Gasteiger partial charge in [0.2, 0.25) is 0 Å². The molecule has 5 nitrogen and oxygen atoms in total. The summed E-state index contributed by atoms with van der Waals surface area (Å²) in [6.07, 6.45) is 0.363. The first-order valence-corrected chi connectivity index (χ1v) is 6.88. The number of carbonyl (C=O) groups excluding carboxylic acids is 2. The summed E-state index contributed by atoms with van der Waals surface area (Å²) in [5.41, 5.74) is 7.50. The molecule has 22 heavy (non-hydrogen) atoms. The zero-order chi connectivity index (χ0) is 15.9. The van der Waals surface area contributed by atoms with Crippen molar-refractivity contribution in [3.05, 3.63) is 65.7 Å². The van der Waals surface area contributed by atoms with E-state index in [9.17, 15) is 9.59 Å². The quantitative estimate of drug-likeness (QED) is 0.651. The smallest absolute Gasteiger partial charge is 0.328 e. The molecule has 0 heterocycles. The number of nitrogen functional groups attached to an aromatic ring is 1. The van der Waals surface area contributed by atoms with Crippen molar-refractivity contribution in [2.75, 3.05) is 12.8 Å².